The minimum absolute atomic E-state index is 0.358. The van der Waals surface area contributed by atoms with E-state index in [2.05, 4.69) is 0 Å². The standard InChI is InChI=1S/C5H8O4S/c6-5(7)3-10(8,9)4-1-2-4/h4H,1-3H2,(H,6,7). The maximum absolute atomic E-state index is 10.8. The van der Waals surface area contributed by atoms with E-state index in [-0.39, 0.29) is 5.25 Å². The molecule has 0 bridgehead atoms. The van der Waals surface area contributed by atoms with Gasteiger partial charge >= 0.3 is 5.97 Å². The SMILES string of the molecule is O=C(O)CS(=O)(=O)C1CC1. The molecule has 0 radical (unpaired) electrons. The van der Waals surface area contributed by atoms with Crippen LogP contribution in [-0.4, -0.2) is 30.5 Å². The summed E-state index contributed by atoms with van der Waals surface area (Å²) in [6, 6.07) is 0. The highest BCUT2D eigenvalue weighted by Crippen LogP contribution is 2.28. The van der Waals surface area contributed by atoms with E-state index in [1.54, 1.807) is 0 Å². The molecule has 10 heavy (non-hydrogen) atoms. The van der Waals surface area contributed by atoms with Gasteiger partial charge in [-0.3, -0.25) is 4.79 Å². The van der Waals surface area contributed by atoms with Crippen LogP contribution >= 0.6 is 0 Å². The van der Waals surface area contributed by atoms with Crippen molar-refractivity contribution in [2.45, 2.75) is 18.1 Å². The normalized spacial score (nSPS) is 18.8. The summed E-state index contributed by atoms with van der Waals surface area (Å²) in [7, 11) is -3.29. The van der Waals surface area contributed by atoms with Crippen LogP contribution in [0.1, 0.15) is 12.8 Å². The highest BCUT2D eigenvalue weighted by Gasteiger charge is 2.36. The molecule has 1 fully saturated rings. The Morgan fingerprint density at radius 3 is 2.30 bits per heavy atom. The molecular formula is C5H8O4S. The quantitative estimate of drug-likeness (QED) is 0.618. The largest absolute Gasteiger partial charge is 0.480 e. The lowest BCUT2D eigenvalue weighted by molar-refractivity contribution is -0.134. The van der Waals surface area contributed by atoms with Gasteiger partial charge in [0.05, 0.1) is 5.25 Å². The van der Waals surface area contributed by atoms with Crippen molar-refractivity contribution in [1.29, 1.82) is 0 Å². The van der Waals surface area contributed by atoms with Crippen molar-refractivity contribution in [3.05, 3.63) is 0 Å². The first kappa shape index (κ1) is 7.53. The van der Waals surface area contributed by atoms with Gasteiger partial charge in [-0.1, -0.05) is 0 Å². The highest BCUT2D eigenvalue weighted by atomic mass is 32.2. The molecule has 5 heteroatoms. The van der Waals surface area contributed by atoms with Gasteiger partial charge in [-0.15, -0.1) is 0 Å². The van der Waals surface area contributed by atoms with E-state index >= 15 is 0 Å². The third-order valence-corrected chi connectivity index (χ3v) is 3.49. The lowest BCUT2D eigenvalue weighted by Gasteiger charge is -1.94. The van der Waals surface area contributed by atoms with Crippen molar-refractivity contribution in [2.24, 2.45) is 0 Å². The van der Waals surface area contributed by atoms with Crippen LogP contribution < -0.4 is 0 Å². The van der Waals surface area contributed by atoms with Gasteiger partial charge in [-0.05, 0) is 12.8 Å². The number of rotatable bonds is 3. The van der Waals surface area contributed by atoms with E-state index in [0.29, 0.717) is 12.8 Å². The van der Waals surface area contributed by atoms with Gasteiger partial charge < -0.3 is 5.11 Å². The monoisotopic (exact) mass is 164 g/mol. The molecular weight excluding hydrogens is 156 g/mol. The van der Waals surface area contributed by atoms with Gasteiger partial charge in [0.15, 0.2) is 9.84 Å². The molecule has 0 spiro atoms. The van der Waals surface area contributed by atoms with E-state index in [0.717, 1.165) is 0 Å². The average Bonchev–Trinajstić information content (AvgIpc) is 2.35. The predicted octanol–water partition coefficient (Wildman–Crippen LogP) is -0.352. The molecule has 0 aromatic rings. The third-order valence-electron chi connectivity index (χ3n) is 1.36. The summed E-state index contributed by atoms with van der Waals surface area (Å²) < 4.78 is 21.6. The van der Waals surface area contributed by atoms with Gasteiger partial charge in [0.1, 0.15) is 5.75 Å². The molecule has 0 unspecified atom stereocenters. The third kappa shape index (κ3) is 1.70. The Bertz CT molecular complexity index is 236. The summed E-state index contributed by atoms with van der Waals surface area (Å²) in [6.45, 7) is 0. The molecule has 58 valence electrons. The Morgan fingerprint density at radius 1 is 1.50 bits per heavy atom. The van der Waals surface area contributed by atoms with Crippen LogP contribution in [0.4, 0.5) is 0 Å². The molecule has 0 heterocycles. The maximum atomic E-state index is 10.8. The molecule has 0 aliphatic heterocycles. The van der Waals surface area contributed by atoms with Crippen LogP contribution in [0.5, 0.6) is 0 Å². The minimum Gasteiger partial charge on any atom is -0.480 e. The second-order valence-corrected chi connectivity index (χ2v) is 4.68. The summed E-state index contributed by atoms with van der Waals surface area (Å²) in [4.78, 5) is 9.97. The highest BCUT2D eigenvalue weighted by molar-refractivity contribution is 7.92. The fraction of sp³-hybridized carbons (Fsp3) is 0.800. The van der Waals surface area contributed by atoms with Crippen molar-refractivity contribution in [3.63, 3.8) is 0 Å². The number of aliphatic carboxylic acids is 1. The van der Waals surface area contributed by atoms with Crippen molar-refractivity contribution in [3.8, 4) is 0 Å². The molecule has 0 amide bonds. The van der Waals surface area contributed by atoms with Crippen molar-refractivity contribution >= 4 is 15.8 Å². The Labute approximate surface area is 58.8 Å². The van der Waals surface area contributed by atoms with Gasteiger partial charge in [0.2, 0.25) is 0 Å². The Kier molecular flexibility index (Phi) is 1.68. The summed E-state index contributed by atoms with van der Waals surface area (Å²) in [5.74, 6) is -1.97. The zero-order chi connectivity index (χ0) is 7.78. The zero-order valence-electron chi connectivity index (χ0n) is 5.28. The molecule has 1 aliphatic carbocycles. The van der Waals surface area contributed by atoms with Crippen LogP contribution in [0.15, 0.2) is 0 Å². The number of carbonyl (C=O) groups is 1. The first-order chi connectivity index (χ1) is 4.52. The number of carboxylic acids is 1. The topological polar surface area (TPSA) is 71.4 Å². The Hall–Kier alpha value is -0.580. The van der Waals surface area contributed by atoms with E-state index in [1.165, 1.54) is 0 Å². The summed E-state index contributed by atoms with van der Waals surface area (Å²) in [6.07, 6.45) is 1.27. The van der Waals surface area contributed by atoms with E-state index < -0.39 is 21.6 Å². The molecule has 0 atom stereocenters. The molecule has 0 aromatic heterocycles. The Morgan fingerprint density at radius 2 is 2.00 bits per heavy atom. The zero-order valence-corrected chi connectivity index (χ0v) is 6.10. The lowest BCUT2D eigenvalue weighted by Crippen LogP contribution is -2.18. The van der Waals surface area contributed by atoms with Crippen LogP contribution in [0.2, 0.25) is 0 Å². The number of hydrogen-bond acceptors (Lipinski definition) is 3. The number of sulfone groups is 1. The molecule has 0 saturated heterocycles. The van der Waals surface area contributed by atoms with Crippen LogP contribution in [0.3, 0.4) is 0 Å². The van der Waals surface area contributed by atoms with Gasteiger partial charge in [0, 0.05) is 0 Å². The van der Waals surface area contributed by atoms with Gasteiger partial charge in [-0.25, -0.2) is 8.42 Å². The second-order valence-electron chi connectivity index (χ2n) is 2.40. The molecule has 1 saturated carbocycles. The fourth-order valence-electron chi connectivity index (χ4n) is 0.717. The Balaban J connectivity index is 2.60. The molecule has 1 N–H and O–H groups in total. The van der Waals surface area contributed by atoms with Crippen molar-refractivity contribution < 1.29 is 18.3 Å². The minimum atomic E-state index is -3.29. The van der Waals surface area contributed by atoms with Gasteiger partial charge in [0.25, 0.3) is 0 Å². The molecule has 1 rings (SSSR count). The summed E-state index contributed by atoms with van der Waals surface area (Å²) >= 11 is 0. The number of carboxylic acid groups (broad SMARTS) is 1. The first-order valence-corrected chi connectivity index (χ1v) is 4.67. The number of hydrogen-bond donors (Lipinski definition) is 1. The van der Waals surface area contributed by atoms with Crippen LogP contribution in [0, 0.1) is 0 Å². The average molecular weight is 164 g/mol. The lowest BCUT2D eigenvalue weighted by atomic mass is 10.8. The maximum Gasteiger partial charge on any atom is 0.318 e. The summed E-state index contributed by atoms with van der Waals surface area (Å²) in [5, 5.41) is 7.79. The van der Waals surface area contributed by atoms with Crippen LogP contribution in [0.25, 0.3) is 0 Å². The molecule has 0 aromatic carbocycles. The smallest absolute Gasteiger partial charge is 0.318 e. The first-order valence-electron chi connectivity index (χ1n) is 2.96. The van der Waals surface area contributed by atoms with E-state index in [4.69, 9.17) is 5.11 Å². The summed E-state index contributed by atoms with van der Waals surface area (Å²) in [5.41, 5.74) is 0. The second kappa shape index (κ2) is 2.23. The van der Waals surface area contributed by atoms with E-state index in [9.17, 15) is 13.2 Å². The predicted molar refractivity (Wildman–Crippen MR) is 34.4 cm³/mol. The molecule has 4 nitrogen and oxygen atoms in total. The van der Waals surface area contributed by atoms with Crippen molar-refractivity contribution in [1.82, 2.24) is 0 Å². The van der Waals surface area contributed by atoms with Crippen molar-refractivity contribution in [2.75, 3.05) is 5.75 Å². The van der Waals surface area contributed by atoms with E-state index in [1.807, 2.05) is 0 Å². The van der Waals surface area contributed by atoms with Crippen LogP contribution in [-0.2, 0) is 14.6 Å². The fourth-order valence-corrected chi connectivity index (χ4v) is 2.15. The van der Waals surface area contributed by atoms with Gasteiger partial charge in [-0.2, -0.15) is 0 Å². The molecule has 1 aliphatic rings.